The van der Waals surface area contributed by atoms with Crippen molar-refractivity contribution in [1.29, 1.82) is 0 Å². The van der Waals surface area contributed by atoms with E-state index in [1.165, 1.54) is 0 Å². The first-order chi connectivity index (χ1) is 5.66. The highest BCUT2D eigenvalue weighted by Gasteiger charge is 2.19. The largest absolute Gasteiger partial charge is 0.477 e. The molecular formula is C7H10N2O3. The zero-order valence-corrected chi connectivity index (χ0v) is 6.70. The second kappa shape index (κ2) is 3.25. The van der Waals surface area contributed by atoms with Gasteiger partial charge in [0, 0.05) is 6.42 Å². The third kappa shape index (κ3) is 1.39. The maximum absolute atomic E-state index is 10.6. The number of aryl methyl sites for hydroxylation is 1. The molecule has 3 N–H and O–H groups in total. The minimum absolute atomic E-state index is 0.00292. The molecule has 0 radical (unpaired) electrons. The summed E-state index contributed by atoms with van der Waals surface area (Å²) in [4.78, 5) is 10.6. The highest BCUT2D eigenvalue weighted by molar-refractivity contribution is 5.93. The molecule has 0 aliphatic heterocycles. The van der Waals surface area contributed by atoms with E-state index < -0.39 is 5.97 Å². The van der Waals surface area contributed by atoms with Gasteiger partial charge >= 0.3 is 5.97 Å². The molecule has 0 aromatic carbocycles. The van der Waals surface area contributed by atoms with Gasteiger partial charge in [-0.1, -0.05) is 12.1 Å². The molecule has 0 unspecified atom stereocenters. The van der Waals surface area contributed by atoms with E-state index in [4.69, 9.17) is 15.4 Å². The van der Waals surface area contributed by atoms with Crippen molar-refractivity contribution >= 4 is 11.8 Å². The Hall–Kier alpha value is -1.52. The highest BCUT2D eigenvalue weighted by Crippen LogP contribution is 2.17. The number of carbonyl (C=O) groups is 1. The fraction of sp³-hybridized carbons (Fsp3) is 0.429. The summed E-state index contributed by atoms with van der Waals surface area (Å²) in [6.07, 6.45) is 1.35. The van der Waals surface area contributed by atoms with E-state index in [2.05, 4.69) is 5.16 Å². The number of nitrogen functional groups attached to an aromatic ring is 1. The predicted octanol–water partition coefficient (Wildman–Crippen LogP) is 0.907. The summed E-state index contributed by atoms with van der Waals surface area (Å²) in [5.41, 5.74) is 5.28. The van der Waals surface area contributed by atoms with Gasteiger partial charge in [0.05, 0.1) is 0 Å². The number of anilines is 1. The maximum atomic E-state index is 10.6. The van der Waals surface area contributed by atoms with Crippen LogP contribution < -0.4 is 5.73 Å². The maximum Gasteiger partial charge on any atom is 0.343 e. The standard InChI is InChI=1S/C7H10N2O3/c1-2-3-4-5(7(10)11)6(8)9-12-4/h2-3H2,1H3,(H2,8,9)(H,10,11). The smallest absolute Gasteiger partial charge is 0.343 e. The van der Waals surface area contributed by atoms with E-state index >= 15 is 0 Å². The van der Waals surface area contributed by atoms with Crippen LogP contribution in [0.5, 0.6) is 0 Å². The van der Waals surface area contributed by atoms with E-state index in [0.717, 1.165) is 6.42 Å². The summed E-state index contributed by atoms with van der Waals surface area (Å²) in [5.74, 6) is -0.786. The first-order valence-electron chi connectivity index (χ1n) is 3.64. The van der Waals surface area contributed by atoms with Gasteiger partial charge in [0.2, 0.25) is 0 Å². The highest BCUT2D eigenvalue weighted by atomic mass is 16.5. The van der Waals surface area contributed by atoms with Gasteiger partial charge in [0.15, 0.2) is 11.6 Å². The van der Waals surface area contributed by atoms with Crippen LogP contribution in [0.4, 0.5) is 5.82 Å². The molecule has 0 saturated heterocycles. The number of carboxylic acids is 1. The van der Waals surface area contributed by atoms with Crippen molar-refractivity contribution < 1.29 is 14.4 Å². The van der Waals surface area contributed by atoms with Gasteiger partial charge in [0.1, 0.15) is 5.56 Å². The molecule has 0 atom stereocenters. The van der Waals surface area contributed by atoms with Crippen LogP contribution in [0.3, 0.4) is 0 Å². The third-order valence-electron chi connectivity index (χ3n) is 1.48. The Labute approximate surface area is 69.2 Å². The monoisotopic (exact) mass is 170 g/mol. The molecule has 0 amide bonds. The van der Waals surface area contributed by atoms with Gasteiger partial charge in [-0.2, -0.15) is 0 Å². The van der Waals surface area contributed by atoms with Crippen molar-refractivity contribution in [3.05, 3.63) is 11.3 Å². The van der Waals surface area contributed by atoms with Crippen molar-refractivity contribution in [2.45, 2.75) is 19.8 Å². The van der Waals surface area contributed by atoms with E-state index in [9.17, 15) is 4.79 Å². The summed E-state index contributed by atoms with van der Waals surface area (Å²) in [6.45, 7) is 1.92. The number of hydrogen-bond acceptors (Lipinski definition) is 4. The Kier molecular flexibility index (Phi) is 2.32. The molecule has 0 saturated carbocycles. The quantitative estimate of drug-likeness (QED) is 0.703. The normalized spacial score (nSPS) is 10.1. The van der Waals surface area contributed by atoms with Crippen LogP contribution in [0.15, 0.2) is 4.52 Å². The average Bonchev–Trinajstić information content (AvgIpc) is 2.32. The lowest BCUT2D eigenvalue weighted by atomic mass is 10.2. The molecule has 0 spiro atoms. The van der Waals surface area contributed by atoms with Crippen molar-refractivity contribution in [2.75, 3.05) is 5.73 Å². The van der Waals surface area contributed by atoms with E-state index in [1.54, 1.807) is 0 Å². The first-order valence-corrected chi connectivity index (χ1v) is 3.64. The van der Waals surface area contributed by atoms with E-state index in [1.807, 2.05) is 6.92 Å². The molecule has 0 aliphatic carbocycles. The number of carboxylic acid groups (broad SMARTS) is 1. The molecule has 5 nitrogen and oxygen atoms in total. The molecule has 0 bridgehead atoms. The predicted molar refractivity (Wildman–Crippen MR) is 41.9 cm³/mol. The van der Waals surface area contributed by atoms with Crippen LogP contribution in [0.1, 0.15) is 29.5 Å². The number of nitrogens with two attached hydrogens (primary N) is 1. The zero-order chi connectivity index (χ0) is 9.14. The van der Waals surface area contributed by atoms with Crippen LogP contribution in [-0.2, 0) is 6.42 Å². The van der Waals surface area contributed by atoms with Crippen molar-refractivity contribution in [1.82, 2.24) is 5.16 Å². The Morgan fingerprint density at radius 2 is 2.42 bits per heavy atom. The molecule has 5 heteroatoms. The minimum Gasteiger partial charge on any atom is -0.477 e. The molecule has 66 valence electrons. The fourth-order valence-corrected chi connectivity index (χ4v) is 0.965. The Balaban J connectivity index is 3.04. The van der Waals surface area contributed by atoms with Gasteiger partial charge < -0.3 is 15.4 Å². The Bertz CT molecular complexity index is 293. The Morgan fingerprint density at radius 3 is 2.92 bits per heavy atom. The minimum atomic E-state index is -1.09. The lowest BCUT2D eigenvalue weighted by Crippen LogP contribution is -2.02. The average molecular weight is 170 g/mol. The van der Waals surface area contributed by atoms with Crippen molar-refractivity contribution in [3.8, 4) is 0 Å². The number of nitrogens with zero attached hydrogens (tertiary/aromatic N) is 1. The lowest BCUT2D eigenvalue weighted by molar-refractivity contribution is 0.0695. The molecule has 1 aromatic heterocycles. The first kappa shape index (κ1) is 8.58. The molecular weight excluding hydrogens is 160 g/mol. The van der Waals surface area contributed by atoms with Gasteiger partial charge in [-0.3, -0.25) is 0 Å². The fourth-order valence-electron chi connectivity index (χ4n) is 0.965. The van der Waals surface area contributed by atoms with Crippen molar-refractivity contribution in [2.24, 2.45) is 0 Å². The number of hydrogen-bond donors (Lipinski definition) is 2. The number of aromatic nitrogens is 1. The number of aromatic carboxylic acids is 1. The van der Waals surface area contributed by atoms with Crippen LogP contribution in [0, 0.1) is 0 Å². The summed E-state index contributed by atoms with van der Waals surface area (Å²) in [7, 11) is 0. The van der Waals surface area contributed by atoms with Crippen molar-refractivity contribution in [3.63, 3.8) is 0 Å². The van der Waals surface area contributed by atoms with E-state index in [-0.39, 0.29) is 11.4 Å². The van der Waals surface area contributed by atoms with Crippen LogP contribution in [0.2, 0.25) is 0 Å². The van der Waals surface area contributed by atoms with Gasteiger partial charge in [-0.25, -0.2) is 4.79 Å². The van der Waals surface area contributed by atoms with Gasteiger partial charge in [-0.05, 0) is 6.42 Å². The van der Waals surface area contributed by atoms with Gasteiger partial charge in [0.25, 0.3) is 0 Å². The molecule has 12 heavy (non-hydrogen) atoms. The SMILES string of the molecule is CCCc1onc(N)c1C(=O)O. The van der Waals surface area contributed by atoms with Crippen LogP contribution >= 0.6 is 0 Å². The van der Waals surface area contributed by atoms with Gasteiger partial charge in [-0.15, -0.1) is 0 Å². The number of rotatable bonds is 3. The second-order valence-electron chi connectivity index (χ2n) is 2.42. The molecule has 0 fully saturated rings. The molecule has 1 heterocycles. The summed E-state index contributed by atoms with van der Waals surface area (Å²) < 4.78 is 4.74. The molecule has 0 aliphatic rings. The zero-order valence-electron chi connectivity index (χ0n) is 6.70. The summed E-state index contributed by atoms with van der Waals surface area (Å²) >= 11 is 0. The summed E-state index contributed by atoms with van der Waals surface area (Å²) in [5, 5.41) is 12.1. The third-order valence-corrected chi connectivity index (χ3v) is 1.48. The molecule has 1 aromatic rings. The topological polar surface area (TPSA) is 89.4 Å². The van der Waals surface area contributed by atoms with Crippen LogP contribution in [0.25, 0.3) is 0 Å². The second-order valence-corrected chi connectivity index (χ2v) is 2.42. The Morgan fingerprint density at radius 1 is 1.75 bits per heavy atom. The molecule has 1 rings (SSSR count). The van der Waals surface area contributed by atoms with E-state index in [0.29, 0.717) is 12.2 Å². The lowest BCUT2D eigenvalue weighted by Gasteiger charge is -1.92. The van der Waals surface area contributed by atoms with Crippen LogP contribution in [-0.4, -0.2) is 16.2 Å². The summed E-state index contributed by atoms with van der Waals surface area (Å²) in [6, 6.07) is 0.